The van der Waals surface area contributed by atoms with Gasteiger partial charge in [-0.25, -0.2) is 0 Å². The lowest BCUT2D eigenvalue weighted by molar-refractivity contribution is -0.00000251. The highest BCUT2D eigenvalue weighted by Gasteiger charge is 2.20. The van der Waals surface area contributed by atoms with Crippen LogP contribution in [-0.2, 0) is 4.57 Å². The van der Waals surface area contributed by atoms with Crippen LogP contribution >= 0.6 is 7.80 Å². The summed E-state index contributed by atoms with van der Waals surface area (Å²) in [6, 6.07) is 0. The fourth-order valence-corrected chi connectivity index (χ4v) is 2.06. The predicted octanol–water partition coefficient (Wildman–Crippen LogP) is -1.39. The van der Waals surface area contributed by atoms with E-state index in [-0.39, 0.29) is 12.4 Å². The highest BCUT2D eigenvalue weighted by atomic mass is 35.5. The summed E-state index contributed by atoms with van der Waals surface area (Å²) in [6.07, 6.45) is 4.40. The highest BCUT2D eigenvalue weighted by molar-refractivity contribution is 7.45. The Bertz CT molecular complexity index is 66.1. The lowest BCUT2D eigenvalue weighted by atomic mass is 10.4. The molecule has 0 saturated carbocycles. The zero-order valence-electron chi connectivity index (χ0n) is 4.06. The van der Waals surface area contributed by atoms with E-state index in [9.17, 15) is 4.57 Å². The largest absolute Gasteiger partial charge is 1.00 e. The summed E-state index contributed by atoms with van der Waals surface area (Å²) in [5, 5.41) is 0. The Kier molecular flexibility index (Phi) is 3.59. The van der Waals surface area contributed by atoms with Gasteiger partial charge in [-0.2, -0.15) is 0 Å². The maximum Gasteiger partial charge on any atom is 0.338 e. The molecule has 0 unspecified atom stereocenters. The van der Waals surface area contributed by atoms with Crippen LogP contribution in [0.4, 0.5) is 0 Å². The van der Waals surface area contributed by atoms with Crippen molar-refractivity contribution in [3.8, 4) is 0 Å². The molecule has 3 heteroatoms. The first kappa shape index (κ1) is 7.39. The van der Waals surface area contributed by atoms with E-state index in [4.69, 9.17) is 0 Å². The summed E-state index contributed by atoms with van der Waals surface area (Å²) in [7, 11) is -0.715. The standard InChI is InChI=1S/C4H8OP.ClH/c5-6-3-1-2-4-6;/h1-4H2;1H/q+1;/p-1. The second-order valence-electron chi connectivity index (χ2n) is 1.64. The molecule has 1 fully saturated rings. The van der Waals surface area contributed by atoms with Crippen LogP contribution in [0.1, 0.15) is 12.8 Å². The van der Waals surface area contributed by atoms with Gasteiger partial charge in [0.25, 0.3) is 0 Å². The fraction of sp³-hybridized carbons (Fsp3) is 1.00. The van der Waals surface area contributed by atoms with Gasteiger partial charge in [-0.1, -0.05) is 4.57 Å². The summed E-state index contributed by atoms with van der Waals surface area (Å²) in [6.45, 7) is 0. The molecule has 0 atom stereocenters. The SMILES string of the molecule is O=[P+]1CCCC1.[Cl-]. The van der Waals surface area contributed by atoms with Crippen LogP contribution < -0.4 is 12.4 Å². The van der Waals surface area contributed by atoms with E-state index in [1.54, 1.807) is 0 Å². The van der Waals surface area contributed by atoms with E-state index in [1.165, 1.54) is 12.8 Å². The first-order valence-corrected chi connectivity index (χ1v) is 3.95. The maximum absolute atomic E-state index is 10.4. The zero-order valence-corrected chi connectivity index (χ0v) is 5.71. The second kappa shape index (κ2) is 3.40. The summed E-state index contributed by atoms with van der Waals surface area (Å²) in [5.74, 6) is 0. The minimum Gasteiger partial charge on any atom is -1.00 e. The molecular formula is C4H8ClOP. The fourth-order valence-electron chi connectivity index (χ4n) is 0.688. The quantitative estimate of drug-likeness (QED) is 0.377. The van der Waals surface area contributed by atoms with Gasteiger partial charge in [0.2, 0.25) is 0 Å². The van der Waals surface area contributed by atoms with E-state index >= 15 is 0 Å². The van der Waals surface area contributed by atoms with Crippen molar-refractivity contribution in [2.24, 2.45) is 0 Å². The van der Waals surface area contributed by atoms with Crippen molar-refractivity contribution < 1.29 is 17.0 Å². The molecule has 1 aliphatic rings. The van der Waals surface area contributed by atoms with Gasteiger partial charge in [0.15, 0.2) is 0 Å². The Labute approximate surface area is 50.7 Å². The molecule has 0 aliphatic carbocycles. The Morgan fingerprint density at radius 1 is 1.14 bits per heavy atom. The van der Waals surface area contributed by atoms with E-state index < -0.39 is 7.80 Å². The van der Waals surface area contributed by atoms with Crippen LogP contribution in [-0.4, -0.2) is 12.3 Å². The summed E-state index contributed by atoms with van der Waals surface area (Å²) < 4.78 is 10.4. The van der Waals surface area contributed by atoms with E-state index in [1.807, 2.05) is 0 Å². The van der Waals surface area contributed by atoms with Crippen LogP contribution in [0.15, 0.2) is 0 Å². The maximum atomic E-state index is 10.4. The van der Waals surface area contributed by atoms with Crippen molar-refractivity contribution in [1.82, 2.24) is 0 Å². The van der Waals surface area contributed by atoms with Gasteiger partial charge in [-0.05, 0) is 12.8 Å². The first-order valence-electron chi connectivity index (χ1n) is 2.32. The minimum absolute atomic E-state index is 0. The monoisotopic (exact) mass is 138 g/mol. The topological polar surface area (TPSA) is 17.1 Å². The predicted molar refractivity (Wildman–Crippen MR) is 26.6 cm³/mol. The molecule has 0 radical (unpaired) electrons. The molecule has 0 aromatic heterocycles. The zero-order chi connectivity index (χ0) is 4.41. The summed E-state index contributed by atoms with van der Waals surface area (Å²) in [4.78, 5) is 0. The van der Waals surface area contributed by atoms with Crippen molar-refractivity contribution in [1.29, 1.82) is 0 Å². The lowest BCUT2D eigenvalue weighted by Crippen LogP contribution is -3.00. The van der Waals surface area contributed by atoms with Crippen LogP contribution in [0.25, 0.3) is 0 Å². The molecule has 1 saturated heterocycles. The van der Waals surface area contributed by atoms with Crippen molar-refractivity contribution in [2.75, 3.05) is 12.3 Å². The third-order valence-corrected chi connectivity index (χ3v) is 2.70. The van der Waals surface area contributed by atoms with Crippen molar-refractivity contribution in [3.63, 3.8) is 0 Å². The molecule has 0 spiro atoms. The molecule has 0 N–H and O–H groups in total. The molecule has 1 aliphatic heterocycles. The molecule has 1 heterocycles. The Morgan fingerprint density at radius 2 is 1.57 bits per heavy atom. The van der Waals surface area contributed by atoms with Crippen LogP contribution in [0, 0.1) is 0 Å². The molecule has 0 bridgehead atoms. The first-order chi connectivity index (χ1) is 2.89. The molecule has 42 valence electrons. The molecule has 0 aromatic carbocycles. The van der Waals surface area contributed by atoms with Gasteiger partial charge in [-0.3, -0.25) is 0 Å². The highest BCUT2D eigenvalue weighted by Crippen LogP contribution is 2.30. The molecule has 7 heavy (non-hydrogen) atoms. The second-order valence-corrected chi connectivity index (χ2v) is 3.49. The van der Waals surface area contributed by atoms with Crippen LogP contribution in [0.3, 0.4) is 0 Å². The molecular weight excluding hydrogens is 130 g/mol. The van der Waals surface area contributed by atoms with Gasteiger partial charge >= 0.3 is 7.80 Å². The number of rotatable bonds is 0. The van der Waals surface area contributed by atoms with Crippen LogP contribution in [0.5, 0.6) is 0 Å². The summed E-state index contributed by atoms with van der Waals surface area (Å²) >= 11 is 0. The smallest absolute Gasteiger partial charge is 0.338 e. The minimum atomic E-state index is -0.715. The van der Waals surface area contributed by atoms with Gasteiger partial charge < -0.3 is 12.4 Å². The number of hydrogen-bond acceptors (Lipinski definition) is 1. The Balaban J connectivity index is 0.000000360. The van der Waals surface area contributed by atoms with Crippen LogP contribution in [0.2, 0.25) is 0 Å². The van der Waals surface area contributed by atoms with Crippen molar-refractivity contribution >= 4 is 7.80 Å². The summed E-state index contributed by atoms with van der Waals surface area (Å²) in [5.41, 5.74) is 0. The molecule has 0 aromatic rings. The lowest BCUT2D eigenvalue weighted by Gasteiger charge is -1.58. The van der Waals surface area contributed by atoms with Gasteiger partial charge in [0, 0.05) is 0 Å². The Morgan fingerprint density at radius 3 is 1.71 bits per heavy atom. The average Bonchev–Trinajstić information content (AvgIpc) is 1.86. The number of halogens is 1. The van der Waals surface area contributed by atoms with Crippen molar-refractivity contribution in [3.05, 3.63) is 0 Å². The molecule has 0 amide bonds. The van der Waals surface area contributed by atoms with Crippen molar-refractivity contribution in [2.45, 2.75) is 12.8 Å². The third-order valence-electron chi connectivity index (χ3n) is 1.07. The van der Waals surface area contributed by atoms with Gasteiger partial charge in [0.05, 0.1) is 0 Å². The van der Waals surface area contributed by atoms with E-state index in [2.05, 4.69) is 0 Å². The number of hydrogen-bond donors (Lipinski definition) is 0. The average molecular weight is 139 g/mol. The molecule has 1 rings (SSSR count). The molecule has 1 nitrogen and oxygen atoms in total. The normalized spacial score (nSPS) is 19.1. The van der Waals surface area contributed by atoms with Gasteiger partial charge in [-0.15, -0.1) is 0 Å². The van der Waals surface area contributed by atoms with E-state index in [0.717, 1.165) is 12.3 Å². The third kappa shape index (κ3) is 2.25. The van der Waals surface area contributed by atoms with Gasteiger partial charge in [0.1, 0.15) is 12.3 Å². The van der Waals surface area contributed by atoms with E-state index in [0.29, 0.717) is 0 Å². The Hall–Kier alpha value is 0.390.